The van der Waals surface area contributed by atoms with Crippen molar-refractivity contribution in [2.75, 3.05) is 0 Å². The lowest BCUT2D eigenvalue weighted by atomic mass is 9.99. The smallest absolute Gasteiger partial charge is 0.119 e. The molecule has 1 aliphatic rings. The first-order valence-corrected chi connectivity index (χ1v) is 7.36. The molecule has 0 spiro atoms. The molecule has 3 rings (SSSR count). The van der Waals surface area contributed by atoms with Crippen LogP contribution in [-0.2, 0) is 0 Å². The third kappa shape index (κ3) is 3.09. The van der Waals surface area contributed by atoms with Crippen LogP contribution in [0.25, 0.3) is 0 Å². The van der Waals surface area contributed by atoms with Crippen molar-refractivity contribution in [2.24, 2.45) is 5.73 Å². The molecular formula is C16H15Cl2NO. The average Bonchev–Trinajstić information content (AvgIpc) is 3.23. The number of nitrogens with two attached hydrogens (primary N) is 1. The number of ether oxygens (including phenoxy) is 1. The fourth-order valence-electron chi connectivity index (χ4n) is 2.07. The normalized spacial score (nSPS) is 15.9. The van der Waals surface area contributed by atoms with Crippen molar-refractivity contribution in [3.63, 3.8) is 0 Å². The molecule has 1 unspecified atom stereocenters. The number of hydrogen-bond acceptors (Lipinski definition) is 2. The summed E-state index contributed by atoms with van der Waals surface area (Å²) in [5.74, 6) is 0.894. The lowest BCUT2D eigenvalue weighted by Gasteiger charge is -2.15. The molecule has 2 aromatic carbocycles. The van der Waals surface area contributed by atoms with Crippen molar-refractivity contribution < 1.29 is 4.74 Å². The summed E-state index contributed by atoms with van der Waals surface area (Å²) >= 11 is 12.1. The van der Waals surface area contributed by atoms with Crippen molar-refractivity contribution in [3.8, 4) is 5.75 Å². The van der Waals surface area contributed by atoms with Gasteiger partial charge in [-0.3, -0.25) is 0 Å². The van der Waals surface area contributed by atoms with Crippen LogP contribution in [-0.4, -0.2) is 6.10 Å². The van der Waals surface area contributed by atoms with Gasteiger partial charge in [0.15, 0.2) is 0 Å². The van der Waals surface area contributed by atoms with Crippen molar-refractivity contribution >= 4 is 23.2 Å². The summed E-state index contributed by atoms with van der Waals surface area (Å²) in [6.45, 7) is 0. The predicted molar refractivity (Wildman–Crippen MR) is 82.6 cm³/mol. The molecule has 0 aliphatic heterocycles. The fourth-order valence-corrected chi connectivity index (χ4v) is 2.59. The van der Waals surface area contributed by atoms with Crippen molar-refractivity contribution in [1.29, 1.82) is 0 Å². The molecule has 20 heavy (non-hydrogen) atoms. The molecular weight excluding hydrogens is 293 g/mol. The molecule has 0 amide bonds. The van der Waals surface area contributed by atoms with Crippen LogP contribution in [0.2, 0.25) is 10.0 Å². The minimum absolute atomic E-state index is 0.269. The third-order valence-corrected chi connectivity index (χ3v) is 3.93. The molecule has 2 aromatic rings. The van der Waals surface area contributed by atoms with Gasteiger partial charge >= 0.3 is 0 Å². The van der Waals surface area contributed by atoms with Gasteiger partial charge < -0.3 is 10.5 Å². The largest absolute Gasteiger partial charge is 0.490 e. The van der Waals surface area contributed by atoms with E-state index in [9.17, 15) is 0 Å². The van der Waals surface area contributed by atoms with Crippen LogP contribution in [0.4, 0.5) is 0 Å². The van der Waals surface area contributed by atoms with E-state index in [0.29, 0.717) is 16.1 Å². The average molecular weight is 308 g/mol. The zero-order valence-electron chi connectivity index (χ0n) is 10.9. The van der Waals surface area contributed by atoms with E-state index < -0.39 is 0 Å². The third-order valence-electron chi connectivity index (χ3n) is 3.36. The van der Waals surface area contributed by atoms with Gasteiger partial charge in [-0.25, -0.2) is 0 Å². The molecule has 1 saturated carbocycles. The molecule has 0 heterocycles. The van der Waals surface area contributed by atoms with Crippen molar-refractivity contribution in [2.45, 2.75) is 25.0 Å². The quantitative estimate of drug-likeness (QED) is 0.897. The molecule has 1 fully saturated rings. The van der Waals surface area contributed by atoms with Gasteiger partial charge in [-0.2, -0.15) is 0 Å². The summed E-state index contributed by atoms with van der Waals surface area (Å²) in [6, 6.07) is 13.0. The summed E-state index contributed by atoms with van der Waals surface area (Å²) in [5, 5.41) is 1.20. The maximum Gasteiger partial charge on any atom is 0.119 e. The Morgan fingerprint density at radius 3 is 2.35 bits per heavy atom. The highest BCUT2D eigenvalue weighted by atomic mass is 35.5. The van der Waals surface area contributed by atoms with Crippen LogP contribution in [0.5, 0.6) is 5.75 Å². The molecule has 1 atom stereocenters. The highest BCUT2D eigenvalue weighted by Gasteiger charge is 2.23. The Bertz CT molecular complexity index is 608. The monoisotopic (exact) mass is 307 g/mol. The van der Waals surface area contributed by atoms with Crippen LogP contribution in [0.1, 0.15) is 30.0 Å². The van der Waals surface area contributed by atoms with E-state index in [1.807, 2.05) is 30.3 Å². The molecule has 0 aromatic heterocycles. The summed E-state index contributed by atoms with van der Waals surface area (Å²) < 4.78 is 5.72. The molecule has 1 aliphatic carbocycles. The minimum Gasteiger partial charge on any atom is -0.490 e. The summed E-state index contributed by atoms with van der Waals surface area (Å²) in [5.41, 5.74) is 8.13. The van der Waals surface area contributed by atoms with Gasteiger partial charge in [-0.1, -0.05) is 41.4 Å². The van der Waals surface area contributed by atoms with Crippen LogP contribution in [0.3, 0.4) is 0 Å². The molecule has 104 valence electrons. The minimum atomic E-state index is -0.269. The Balaban J connectivity index is 1.80. The fraction of sp³-hybridized carbons (Fsp3) is 0.250. The number of halogens is 2. The summed E-state index contributed by atoms with van der Waals surface area (Å²) in [6.07, 6.45) is 2.71. The first-order chi connectivity index (χ1) is 9.63. The van der Waals surface area contributed by atoms with Crippen LogP contribution in [0, 0.1) is 0 Å². The van der Waals surface area contributed by atoms with Gasteiger partial charge in [0, 0.05) is 10.0 Å². The van der Waals surface area contributed by atoms with Gasteiger partial charge in [0.2, 0.25) is 0 Å². The van der Waals surface area contributed by atoms with Crippen LogP contribution in [0.15, 0.2) is 42.5 Å². The predicted octanol–water partition coefficient (Wildman–Crippen LogP) is 4.58. The Morgan fingerprint density at radius 1 is 1.05 bits per heavy atom. The van der Waals surface area contributed by atoms with Gasteiger partial charge in [-0.05, 0) is 48.2 Å². The molecule has 4 heteroatoms. The molecule has 0 bridgehead atoms. The van der Waals surface area contributed by atoms with Crippen molar-refractivity contribution in [1.82, 2.24) is 0 Å². The van der Waals surface area contributed by atoms with Crippen LogP contribution < -0.4 is 10.5 Å². The van der Waals surface area contributed by atoms with Gasteiger partial charge in [0.05, 0.1) is 12.1 Å². The highest BCUT2D eigenvalue weighted by molar-refractivity contribution is 6.35. The number of benzene rings is 2. The second-order valence-corrected chi connectivity index (χ2v) is 5.87. The first-order valence-electron chi connectivity index (χ1n) is 6.60. The standard InChI is InChI=1S/C16H15Cl2NO/c17-11-3-8-14(15(18)9-11)16(19)10-1-4-12(5-2-10)20-13-6-7-13/h1-5,8-9,13,16H,6-7,19H2. The molecule has 2 N–H and O–H groups in total. The first kappa shape index (κ1) is 13.7. The maximum absolute atomic E-state index is 6.26. The van der Waals surface area contributed by atoms with E-state index in [1.54, 1.807) is 12.1 Å². The number of hydrogen-bond donors (Lipinski definition) is 1. The van der Waals surface area contributed by atoms with E-state index in [1.165, 1.54) is 0 Å². The number of rotatable bonds is 4. The Kier molecular flexibility index (Phi) is 3.88. The second kappa shape index (κ2) is 5.65. The van der Waals surface area contributed by atoms with Gasteiger partial charge in [-0.15, -0.1) is 0 Å². The van der Waals surface area contributed by atoms with Gasteiger partial charge in [0.25, 0.3) is 0 Å². The lowest BCUT2D eigenvalue weighted by molar-refractivity contribution is 0.303. The molecule has 0 radical (unpaired) electrons. The molecule has 0 saturated heterocycles. The van der Waals surface area contributed by atoms with E-state index >= 15 is 0 Å². The van der Waals surface area contributed by atoms with Crippen LogP contribution >= 0.6 is 23.2 Å². The topological polar surface area (TPSA) is 35.2 Å². The lowest BCUT2D eigenvalue weighted by Crippen LogP contribution is -2.12. The zero-order chi connectivity index (χ0) is 14.1. The Labute approximate surface area is 128 Å². The van der Waals surface area contributed by atoms with E-state index in [4.69, 9.17) is 33.7 Å². The Hall–Kier alpha value is -1.22. The SMILES string of the molecule is NC(c1ccc(OC2CC2)cc1)c1ccc(Cl)cc1Cl. The molecule has 2 nitrogen and oxygen atoms in total. The van der Waals surface area contributed by atoms with Crippen molar-refractivity contribution in [3.05, 3.63) is 63.6 Å². The van der Waals surface area contributed by atoms with E-state index in [-0.39, 0.29) is 6.04 Å². The van der Waals surface area contributed by atoms with Gasteiger partial charge in [0.1, 0.15) is 5.75 Å². The maximum atomic E-state index is 6.26. The highest BCUT2D eigenvalue weighted by Crippen LogP contribution is 2.31. The second-order valence-electron chi connectivity index (χ2n) is 5.03. The summed E-state index contributed by atoms with van der Waals surface area (Å²) in [7, 11) is 0. The van der Waals surface area contributed by atoms with E-state index in [2.05, 4.69) is 0 Å². The summed E-state index contributed by atoms with van der Waals surface area (Å²) in [4.78, 5) is 0. The Morgan fingerprint density at radius 2 is 1.75 bits per heavy atom. The van der Waals surface area contributed by atoms with E-state index in [0.717, 1.165) is 29.7 Å². The zero-order valence-corrected chi connectivity index (χ0v) is 12.4.